The van der Waals surface area contributed by atoms with Crippen molar-refractivity contribution in [2.24, 2.45) is 18.9 Å². The number of benzene rings is 1. The maximum absolute atomic E-state index is 3.73. The molecule has 1 saturated carbocycles. The first kappa shape index (κ1) is 10.6. The first-order chi connectivity index (χ1) is 8.84. The van der Waals surface area contributed by atoms with E-state index in [4.69, 9.17) is 0 Å². The predicted molar refractivity (Wildman–Crippen MR) is 73.4 cm³/mol. The molecule has 3 heteroatoms. The van der Waals surface area contributed by atoms with Gasteiger partial charge in [0.15, 0.2) is 0 Å². The standard InChI is InChI=1S/C15H19N3/c1-18-9-10(11-4-2-3-5-14(11)18)6-17-15-12-7-16-8-13(12)15/h2-5,9,12-13,15-17H,6-8H2,1H3. The molecular formula is C15H19N3. The van der Waals surface area contributed by atoms with Gasteiger partial charge >= 0.3 is 0 Å². The zero-order chi connectivity index (χ0) is 12.1. The molecule has 0 radical (unpaired) electrons. The minimum Gasteiger partial charge on any atom is -0.350 e. The van der Waals surface area contributed by atoms with Crippen molar-refractivity contribution < 1.29 is 0 Å². The van der Waals surface area contributed by atoms with E-state index in [-0.39, 0.29) is 0 Å². The van der Waals surface area contributed by atoms with Crippen LogP contribution in [0.3, 0.4) is 0 Å². The molecule has 2 heterocycles. The van der Waals surface area contributed by atoms with E-state index in [0.717, 1.165) is 24.4 Å². The van der Waals surface area contributed by atoms with Crippen molar-refractivity contribution in [3.63, 3.8) is 0 Å². The van der Waals surface area contributed by atoms with Crippen molar-refractivity contribution >= 4 is 10.9 Å². The quantitative estimate of drug-likeness (QED) is 0.852. The number of rotatable bonds is 3. The molecule has 2 N–H and O–H groups in total. The van der Waals surface area contributed by atoms with Gasteiger partial charge in [-0.2, -0.15) is 0 Å². The topological polar surface area (TPSA) is 29.0 Å². The second-order valence-corrected chi connectivity index (χ2v) is 5.68. The van der Waals surface area contributed by atoms with Crippen molar-refractivity contribution in [1.29, 1.82) is 0 Å². The van der Waals surface area contributed by atoms with Gasteiger partial charge in [0.1, 0.15) is 0 Å². The van der Waals surface area contributed by atoms with Crippen molar-refractivity contribution in [3.8, 4) is 0 Å². The fourth-order valence-corrected chi connectivity index (χ4v) is 3.52. The molecule has 3 nitrogen and oxygen atoms in total. The normalized spacial score (nSPS) is 29.7. The highest BCUT2D eigenvalue weighted by molar-refractivity contribution is 5.83. The minimum absolute atomic E-state index is 0.755. The summed E-state index contributed by atoms with van der Waals surface area (Å²) in [4.78, 5) is 0. The van der Waals surface area contributed by atoms with Crippen molar-refractivity contribution in [2.75, 3.05) is 13.1 Å². The number of aryl methyl sites for hydroxylation is 1. The molecule has 2 aliphatic rings. The number of hydrogen-bond donors (Lipinski definition) is 2. The van der Waals surface area contributed by atoms with E-state index in [1.54, 1.807) is 0 Å². The minimum atomic E-state index is 0.755. The molecule has 1 saturated heterocycles. The lowest BCUT2D eigenvalue weighted by atomic mass is 10.2. The molecule has 94 valence electrons. The van der Waals surface area contributed by atoms with Crippen LogP contribution >= 0.6 is 0 Å². The summed E-state index contributed by atoms with van der Waals surface area (Å²) in [5.74, 6) is 1.78. The van der Waals surface area contributed by atoms with E-state index in [9.17, 15) is 0 Å². The largest absolute Gasteiger partial charge is 0.350 e. The van der Waals surface area contributed by atoms with Crippen LogP contribution in [-0.2, 0) is 13.6 Å². The van der Waals surface area contributed by atoms with Crippen LogP contribution in [0.2, 0.25) is 0 Å². The Bertz CT molecular complexity index is 576. The molecule has 4 rings (SSSR count). The van der Waals surface area contributed by atoms with E-state index in [1.165, 1.54) is 29.6 Å². The van der Waals surface area contributed by atoms with Crippen molar-refractivity contribution in [1.82, 2.24) is 15.2 Å². The van der Waals surface area contributed by atoms with Gasteiger partial charge in [-0.1, -0.05) is 18.2 Å². The van der Waals surface area contributed by atoms with Crippen LogP contribution in [-0.4, -0.2) is 23.7 Å². The fourth-order valence-electron chi connectivity index (χ4n) is 3.52. The van der Waals surface area contributed by atoms with Crippen LogP contribution < -0.4 is 10.6 Å². The molecule has 18 heavy (non-hydrogen) atoms. The molecule has 2 unspecified atom stereocenters. The smallest absolute Gasteiger partial charge is 0.0481 e. The number of hydrogen-bond acceptors (Lipinski definition) is 2. The first-order valence-corrected chi connectivity index (χ1v) is 6.81. The zero-order valence-electron chi connectivity index (χ0n) is 10.7. The van der Waals surface area contributed by atoms with Gasteiger partial charge in [0.2, 0.25) is 0 Å². The number of nitrogens with one attached hydrogen (secondary N) is 2. The Balaban J connectivity index is 1.53. The Morgan fingerprint density at radius 3 is 2.89 bits per heavy atom. The Hall–Kier alpha value is -1.32. The Labute approximate surface area is 107 Å². The summed E-state index contributed by atoms with van der Waals surface area (Å²) >= 11 is 0. The van der Waals surface area contributed by atoms with Gasteiger partial charge in [-0.05, 0) is 36.6 Å². The highest BCUT2D eigenvalue weighted by Gasteiger charge is 2.52. The highest BCUT2D eigenvalue weighted by Crippen LogP contribution is 2.41. The van der Waals surface area contributed by atoms with E-state index >= 15 is 0 Å². The van der Waals surface area contributed by atoms with Crippen LogP contribution in [0.4, 0.5) is 0 Å². The van der Waals surface area contributed by atoms with Gasteiger partial charge in [-0.15, -0.1) is 0 Å². The van der Waals surface area contributed by atoms with Crippen LogP contribution in [0.1, 0.15) is 5.56 Å². The zero-order valence-corrected chi connectivity index (χ0v) is 10.7. The Morgan fingerprint density at radius 2 is 2.06 bits per heavy atom. The van der Waals surface area contributed by atoms with E-state index in [2.05, 4.69) is 52.7 Å². The van der Waals surface area contributed by atoms with Gasteiger partial charge in [-0.3, -0.25) is 0 Å². The lowest BCUT2D eigenvalue weighted by Gasteiger charge is -2.06. The number of para-hydroxylation sites is 1. The SMILES string of the molecule is Cn1cc(CNC2C3CNCC32)c2ccccc21. The highest BCUT2D eigenvalue weighted by atomic mass is 15.1. The van der Waals surface area contributed by atoms with Crippen LogP contribution in [0.5, 0.6) is 0 Å². The number of nitrogens with zero attached hydrogens (tertiary/aromatic N) is 1. The molecule has 0 spiro atoms. The summed E-state index contributed by atoms with van der Waals surface area (Å²) in [7, 11) is 2.13. The third-order valence-corrected chi connectivity index (χ3v) is 4.60. The van der Waals surface area contributed by atoms with Gasteiger partial charge in [0.25, 0.3) is 0 Å². The third kappa shape index (κ3) is 1.51. The van der Waals surface area contributed by atoms with Gasteiger partial charge in [-0.25, -0.2) is 0 Å². The van der Waals surface area contributed by atoms with Gasteiger partial charge in [0, 0.05) is 36.7 Å². The monoisotopic (exact) mass is 241 g/mol. The molecule has 2 fully saturated rings. The molecule has 1 aliphatic heterocycles. The summed E-state index contributed by atoms with van der Waals surface area (Å²) in [6.45, 7) is 3.41. The van der Waals surface area contributed by atoms with E-state index < -0.39 is 0 Å². The average molecular weight is 241 g/mol. The number of aromatic nitrogens is 1. The summed E-state index contributed by atoms with van der Waals surface area (Å²) in [6, 6.07) is 9.40. The molecule has 1 aromatic carbocycles. The molecule has 2 aromatic rings. The van der Waals surface area contributed by atoms with E-state index in [0.29, 0.717) is 0 Å². The summed E-state index contributed by atoms with van der Waals surface area (Å²) in [5, 5.41) is 8.55. The average Bonchev–Trinajstić information content (AvgIpc) is 2.77. The third-order valence-electron chi connectivity index (χ3n) is 4.60. The molecule has 0 bridgehead atoms. The molecule has 1 aromatic heterocycles. The second-order valence-electron chi connectivity index (χ2n) is 5.68. The first-order valence-electron chi connectivity index (χ1n) is 6.81. The van der Waals surface area contributed by atoms with Crippen LogP contribution in [0.15, 0.2) is 30.5 Å². The predicted octanol–water partition coefficient (Wildman–Crippen LogP) is 1.49. The summed E-state index contributed by atoms with van der Waals surface area (Å²) in [6.07, 6.45) is 2.26. The Morgan fingerprint density at radius 1 is 1.28 bits per heavy atom. The lowest BCUT2D eigenvalue weighted by Crippen LogP contribution is -2.27. The van der Waals surface area contributed by atoms with Crippen LogP contribution in [0, 0.1) is 11.8 Å². The maximum Gasteiger partial charge on any atom is 0.0481 e. The molecular weight excluding hydrogens is 222 g/mol. The second kappa shape index (κ2) is 3.84. The maximum atomic E-state index is 3.73. The molecule has 1 aliphatic carbocycles. The Kier molecular flexibility index (Phi) is 2.26. The molecule has 0 amide bonds. The fraction of sp³-hybridized carbons (Fsp3) is 0.467. The van der Waals surface area contributed by atoms with Crippen molar-refractivity contribution in [3.05, 3.63) is 36.0 Å². The van der Waals surface area contributed by atoms with Crippen molar-refractivity contribution in [2.45, 2.75) is 12.6 Å². The lowest BCUT2D eigenvalue weighted by molar-refractivity contribution is 0.567. The van der Waals surface area contributed by atoms with Crippen LogP contribution in [0.25, 0.3) is 10.9 Å². The number of fused-ring (bicyclic) bond motifs is 2. The number of piperidine rings is 1. The summed E-state index contributed by atoms with van der Waals surface area (Å²) < 4.78 is 2.22. The van der Waals surface area contributed by atoms with E-state index in [1.807, 2.05) is 0 Å². The summed E-state index contributed by atoms with van der Waals surface area (Å²) in [5.41, 5.74) is 2.75. The van der Waals surface area contributed by atoms with Gasteiger partial charge in [0.05, 0.1) is 0 Å². The van der Waals surface area contributed by atoms with Gasteiger partial charge < -0.3 is 15.2 Å². The molecule has 2 atom stereocenters.